The first-order chi connectivity index (χ1) is 14.8. The van der Waals surface area contributed by atoms with E-state index in [1.54, 1.807) is 12.3 Å². The molecule has 0 bridgehead atoms. The molecule has 0 saturated carbocycles. The van der Waals surface area contributed by atoms with Crippen LogP contribution in [0, 0.1) is 0 Å². The van der Waals surface area contributed by atoms with Gasteiger partial charge in [0.15, 0.2) is 33.5 Å². The maximum absolute atomic E-state index is 6.31. The molecule has 7 rings (SSSR count). The summed E-state index contributed by atoms with van der Waals surface area (Å²) in [6.45, 7) is 0. The molecule has 0 aliphatic rings. The summed E-state index contributed by atoms with van der Waals surface area (Å²) in [6.07, 6.45) is 0. The van der Waals surface area contributed by atoms with E-state index >= 15 is 0 Å². The van der Waals surface area contributed by atoms with Gasteiger partial charge in [-0.3, -0.25) is 0 Å². The first kappa shape index (κ1) is 16.5. The fraction of sp³-hybridized carbons (Fsp3) is 0. The maximum Gasteiger partial charge on any atom is 0.322 e. The van der Waals surface area contributed by atoms with E-state index in [1.165, 1.54) is 0 Å². The van der Waals surface area contributed by atoms with E-state index in [0.29, 0.717) is 33.5 Å². The predicted molar refractivity (Wildman–Crippen MR) is 113 cm³/mol. The van der Waals surface area contributed by atoms with Crippen LogP contribution in [0.25, 0.3) is 33.5 Å². The molecule has 0 saturated heterocycles. The van der Waals surface area contributed by atoms with Crippen LogP contribution in [0.5, 0.6) is 0 Å². The minimum Gasteiger partial charge on any atom is -0.409 e. The Kier molecular flexibility index (Phi) is 3.38. The van der Waals surface area contributed by atoms with Gasteiger partial charge < -0.3 is 26.2 Å². The Hall–Kier alpha value is -3.24. The highest BCUT2D eigenvalue weighted by molar-refractivity contribution is 7.54. The molecule has 0 aliphatic heterocycles. The molecule has 0 amide bonds. The summed E-state index contributed by atoms with van der Waals surface area (Å²) in [6, 6.07) is 22.5. The molecular weight excluding hydrogens is 447 g/mol. The van der Waals surface area contributed by atoms with Crippen molar-refractivity contribution in [2.45, 2.75) is 0 Å². The van der Waals surface area contributed by atoms with Crippen molar-refractivity contribution in [2.75, 3.05) is 0 Å². The number of fused-ring (bicyclic) bond motifs is 9. The van der Waals surface area contributed by atoms with Gasteiger partial charge in [-0.1, -0.05) is 36.4 Å². The summed E-state index contributed by atoms with van der Waals surface area (Å²) in [4.78, 5) is 0. The summed E-state index contributed by atoms with van der Waals surface area (Å²) in [7, 11) is -4.62. The topological polar surface area (TPSA) is 92.1 Å². The Morgan fingerprint density at radius 2 is 0.667 bits per heavy atom. The summed E-state index contributed by atoms with van der Waals surface area (Å²) < 4.78 is 42.6. The minimum absolute atomic E-state index is 0.603. The predicted octanol–water partition coefficient (Wildman–Crippen LogP) is 7.69. The third kappa shape index (κ3) is 2.31. The van der Waals surface area contributed by atoms with Gasteiger partial charge in [0.25, 0.3) is 0 Å². The third-order valence-corrected chi connectivity index (χ3v) is 10.6. The molecule has 3 aromatic carbocycles. The molecule has 0 fully saturated rings. The lowest BCUT2D eigenvalue weighted by Gasteiger charge is -2.11. The van der Waals surface area contributed by atoms with Crippen LogP contribution in [0.1, 0.15) is 0 Å². The van der Waals surface area contributed by atoms with Crippen molar-refractivity contribution in [3.63, 3.8) is 0 Å². The largest absolute Gasteiger partial charge is 0.409 e. The van der Waals surface area contributed by atoms with Gasteiger partial charge in [0, 0.05) is 0 Å². The SMILES string of the molecule is c1ccc2op3n4oc5ccccc5op4n4oc5ccccc5op4n3oc2c1. The van der Waals surface area contributed by atoms with Gasteiger partial charge in [-0.15, -0.1) is 0 Å². The zero-order valence-electron chi connectivity index (χ0n) is 15.1. The van der Waals surface area contributed by atoms with Gasteiger partial charge in [-0.25, -0.2) is 0 Å². The fourth-order valence-electron chi connectivity index (χ4n) is 3.14. The number of rotatable bonds is 0. The number of benzene rings is 3. The van der Waals surface area contributed by atoms with Crippen LogP contribution in [-0.2, 0) is 0 Å². The van der Waals surface area contributed by atoms with Crippen molar-refractivity contribution in [2.24, 2.45) is 0 Å². The molecular formula is C18H12N3O6P3. The van der Waals surface area contributed by atoms with E-state index in [-0.39, 0.29) is 0 Å². The number of hydrogen-bond acceptors (Lipinski definition) is 6. The van der Waals surface area contributed by atoms with E-state index in [9.17, 15) is 0 Å². The average Bonchev–Trinajstić information content (AvgIpc) is 2.81. The number of nitrogens with zero attached hydrogens (tertiary/aromatic N) is 3. The van der Waals surface area contributed by atoms with Crippen molar-refractivity contribution in [1.29, 1.82) is 0 Å². The van der Waals surface area contributed by atoms with Crippen LogP contribution in [0.2, 0.25) is 0 Å². The second kappa shape index (κ2) is 6.13. The molecule has 0 N–H and O–H groups in total. The van der Waals surface area contributed by atoms with Crippen molar-refractivity contribution < 1.29 is 26.2 Å². The quantitative estimate of drug-likeness (QED) is 0.171. The van der Waals surface area contributed by atoms with Crippen LogP contribution >= 0.6 is 23.7 Å². The molecule has 9 nitrogen and oxygen atoms in total. The van der Waals surface area contributed by atoms with Gasteiger partial charge in [-0.2, -0.15) is 0 Å². The molecule has 4 heterocycles. The van der Waals surface area contributed by atoms with E-state index in [4.69, 9.17) is 26.2 Å². The number of para-hydroxylation sites is 6. The maximum atomic E-state index is 6.31. The highest BCUT2D eigenvalue weighted by atomic mass is 31.2. The Morgan fingerprint density at radius 1 is 0.400 bits per heavy atom. The highest BCUT2D eigenvalue weighted by Gasteiger charge is 2.19. The van der Waals surface area contributed by atoms with Crippen molar-refractivity contribution in [3.05, 3.63) is 72.8 Å². The molecule has 4 aromatic heterocycles. The third-order valence-electron chi connectivity index (χ3n) is 4.51. The van der Waals surface area contributed by atoms with E-state index in [2.05, 4.69) is 0 Å². The highest BCUT2D eigenvalue weighted by Crippen LogP contribution is 2.44. The molecule has 12 heteroatoms. The number of aromatic nitrogens is 3. The molecule has 7 aromatic rings. The standard InChI is InChI=1S/C18H12N3O6P3/c1-4-10-16-13(7-1)22-19-28(25-16)20-23-15-9-3-6-12-18(15)27-30(20)21-24-14-8-2-5-11-17(14)26-29(19)21/h1-12H. The molecule has 30 heavy (non-hydrogen) atoms. The van der Waals surface area contributed by atoms with Gasteiger partial charge in [0.1, 0.15) is 0 Å². The molecule has 0 aliphatic carbocycles. The zero-order chi connectivity index (χ0) is 19.7. The van der Waals surface area contributed by atoms with Crippen LogP contribution < -0.4 is 0 Å². The monoisotopic (exact) mass is 459 g/mol. The molecule has 0 unspecified atom stereocenters. The van der Waals surface area contributed by atoms with Gasteiger partial charge in [-0.05, 0) is 48.7 Å². The Labute approximate surface area is 168 Å². The second-order valence-corrected chi connectivity index (χ2v) is 11.6. The summed E-state index contributed by atoms with van der Waals surface area (Å²) in [5, 5.41) is 0. The van der Waals surface area contributed by atoms with E-state index in [1.807, 2.05) is 72.8 Å². The first-order valence-corrected chi connectivity index (χ1v) is 12.5. The van der Waals surface area contributed by atoms with Crippen LogP contribution in [0.15, 0.2) is 99.0 Å². The Balaban J connectivity index is 1.82. The van der Waals surface area contributed by atoms with Gasteiger partial charge >= 0.3 is 23.7 Å². The van der Waals surface area contributed by atoms with Crippen molar-refractivity contribution in [1.82, 2.24) is 12.3 Å². The number of hydrogen-bond donors (Lipinski definition) is 0. The lowest BCUT2D eigenvalue weighted by Crippen LogP contribution is -1.93. The summed E-state index contributed by atoms with van der Waals surface area (Å²) in [5.74, 6) is 0. The van der Waals surface area contributed by atoms with Gasteiger partial charge in [0.05, 0.1) is 0 Å². The lowest BCUT2D eigenvalue weighted by molar-refractivity contribution is 0.365. The van der Waals surface area contributed by atoms with E-state index in [0.717, 1.165) is 0 Å². The summed E-state index contributed by atoms with van der Waals surface area (Å²) in [5.41, 5.74) is 3.72. The molecule has 0 radical (unpaired) electrons. The normalized spacial score (nSPS) is 13.8. The Bertz CT molecular complexity index is 1460. The van der Waals surface area contributed by atoms with Gasteiger partial charge in [0.2, 0.25) is 0 Å². The molecule has 0 spiro atoms. The minimum atomic E-state index is -1.54. The van der Waals surface area contributed by atoms with Crippen molar-refractivity contribution >= 4 is 57.2 Å². The van der Waals surface area contributed by atoms with Crippen LogP contribution in [0.4, 0.5) is 0 Å². The van der Waals surface area contributed by atoms with Crippen molar-refractivity contribution in [3.8, 4) is 0 Å². The second-order valence-electron chi connectivity index (χ2n) is 6.40. The fourth-order valence-corrected chi connectivity index (χ4v) is 9.99. The van der Waals surface area contributed by atoms with E-state index < -0.39 is 23.7 Å². The smallest absolute Gasteiger partial charge is 0.322 e. The molecule has 150 valence electrons. The molecule has 0 atom stereocenters. The average molecular weight is 459 g/mol. The van der Waals surface area contributed by atoms with Crippen LogP contribution in [-0.4, -0.2) is 12.3 Å². The lowest BCUT2D eigenvalue weighted by atomic mass is 10.3. The zero-order valence-corrected chi connectivity index (χ0v) is 17.7. The summed E-state index contributed by atoms with van der Waals surface area (Å²) >= 11 is 0. The van der Waals surface area contributed by atoms with Crippen LogP contribution in [0.3, 0.4) is 0 Å². The Morgan fingerprint density at radius 3 is 0.967 bits per heavy atom. The first-order valence-electron chi connectivity index (χ1n) is 9.00.